The number of hydrogen-bond donors (Lipinski definition) is 1. The first-order valence-electron chi connectivity index (χ1n) is 11.9. The SMILES string of the molecule is CN(c1cnc(-c2ccc(-c3cc(=O)n(C)cc3F)cc2O)nn1)[C@@H]1C[C@H]2CCC[C@](C)(C2)[C@@H]1F. The van der Waals surface area contributed by atoms with E-state index in [2.05, 4.69) is 22.1 Å². The van der Waals surface area contributed by atoms with Crippen molar-refractivity contribution in [2.45, 2.75) is 51.2 Å². The van der Waals surface area contributed by atoms with E-state index in [0.717, 1.165) is 42.9 Å². The van der Waals surface area contributed by atoms with Crippen molar-refractivity contribution in [1.29, 1.82) is 0 Å². The van der Waals surface area contributed by atoms with Gasteiger partial charge in [0.25, 0.3) is 5.56 Å². The van der Waals surface area contributed by atoms with Gasteiger partial charge < -0.3 is 14.6 Å². The van der Waals surface area contributed by atoms with E-state index in [-0.39, 0.29) is 34.2 Å². The van der Waals surface area contributed by atoms with Gasteiger partial charge in [-0.2, -0.15) is 0 Å². The number of hydrogen-bond acceptors (Lipinski definition) is 6. The second-order valence-corrected chi connectivity index (χ2v) is 10.3. The number of fused-ring (bicyclic) bond motifs is 2. The van der Waals surface area contributed by atoms with Crippen molar-refractivity contribution in [1.82, 2.24) is 19.7 Å². The van der Waals surface area contributed by atoms with Crippen LogP contribution in [0.15, 0.2) is 41.5 Å². The molecule has 2 aliphatic carbocycles. The second kappa shape index (κ2) is 8.70. The van der Waals surface area contributed by atoms with Gasteiger partial charge in [-0.15, -0.1) is 10.2 Å². The van der Waals surface area contributed by atoms with Gasteiger partial charge in [0.1, 0.15) is 17.7 Å². The summed E-state index contributed by atoms with van der Waals surface area (Å²) >= 11 is 0. The van der Waals surface area contributed by atoms with Gasteiger partial charge >= 0.3 is 0 Å². The minimum atomic E-state index is -0.947. The van der Waals surface area contributed by atoms with Crippen molar-refractivity contribution < 1.29 is 13.9 Å². The highest BCUT2D eigenvalue weighted by molar-refractivity contribution is 5.73. The summed E-state index contributed by atoms with van der Waals surface area (Å²) in [5, 5.41) is 19.0. The highest BCUT2D eigenvalue weighted by Crippen LogP contribution is 2.51. The largest absolute Gasteiger partial charge is 0.507 e. The average molecular weight is 482 g/mol. The van der Waals surface area contributed by atoms with Crippen molar-refractivity contribution in [2.75, 3.05) is 11.9 Å². The van der Waals surface area contributed by atoms with Crippen molar-refractivity contribution in [3.63, 3.8) is 0 Å². The van der Waals surface area contributed by atoms with Crippen LogP contribution in [0.5, 0.6) is 5.75 Å². The lowest BCUT2D eigenvalue weighted by molar-refractivity contribution is -0.0109. The number of nitrogens with zero attached hydrogens (tertiary/aromatic N) is 5. The molecule has 0 amide bonds. The average Bonchev–Trinajstić information content (AvgIpc) is 2.83. The van der Waals surface area contributed by atoms with Gasteiger partial charge in [-0.1, -0.05) is 25.8 Å². The van der Waals surface area contributed by atoms with Gasteiger partial charge in [0.05, 0.1) is 17.8 Å². The molecule has 9 heteroatoms. The summed E-state index contributed by atoms with van der Waals surface area (Å²) in [6, 6.07) is 5.42. The van der Waals surface area contributed by atoms with Crippen LogP contribution in [-0.4, -0.2) is 44.1 Å². The molecule has 3 aromatic rings. The predicted octanol–water partition coefficient (Wildman–Crippen LogP) is 4.49. The number of phenols is 1. The molecule has 7 nitrogen and oxygen atoms in total. The fraction of sp³-hybridized carbons (Fsp3) is 0.462. The van der Waals surface area contributed by atoms with E-state index < -0.39 is 12.0 Å². The number of aryl methyl sites for hydroxylation is 1. The van der Waals surface area contributed by atoms with E-state index in [1.807, 2.05) is 11.9 Å². The molecule has 35 heavy (non-hydrogen) atoms. The molecule has 2 heterocycles. The van der Waals surface area contributed by atoms with Crippen LogP contribution in [0.25, 0.3) is 22.5 Å². The van der Waals surface area contributed by atoms with Crippen LogP contribution in [0.2, 0.25) is 0 Å². The van der Waals surface area contributed by atoms with Gasteiger partial charge in [0, 0.05) is 37.3 Å². The van der Waals surface area contributed by atoms with Gasteiger partial charge in [0.15, 0.2) is 11.6 Å². The molecule has 0 radical (unpaired) electrons. The lowest BCUT2D eigenvalue weighted by atomic mass is 9.60. The Hall–Kier alpha value is -3.36. The third kappa shape index (κ3) is 4.17. The van der Waals surface area contributed by atoms with Crippen molar-refractivity contribution in [3.05, 3.63) is 52.8 Å². The monoisotopic (exact) mass is 481 g/mol. The Morgan fingerprint density at radius 1 is 1.23 bits per heavy atom. The maximum atomic E-state index is 15.5. The minimum absolute atomic E-state index is 0.0951. The third-order valence-corrected chi connectivity index (χ3v) is 7.83. The Balaban J connectivity index is 1.38. The topological polar surface area (TPSA) is 84.1 Å². The number of pyridine rings is 1. The Morgan fingerprint density at radius 2 is 2.03 bits per heavy atom. The first-order chi connectivity index (χ1) is 16.7. The highest BCUT2D eigenvalue weighted by Gasteiger charge is 2.49. The van der Waals surface area contributed by atoms with Gasteiger partial charge in [-0.05, 0) is 42.9 Å². The van der Waals surface area contributed by atoms with E-state index in [1.54, 1.807) is 12.1 Å². The summed E-state index contributed by atoms with van der Waals surface area (Å²) in [5.41, 5.74) is 0.122. The number of aromatic nitrogens is 4. The Morgan fingerprint density at radius 3 is 2.74 bits per heavy atom. The predicted molar refractivity (Wildman–Crippen MR) is 129 cm³/mol. The van der Waals surface area contributed by atoms with Crippen LogP contribution in [0.1, 0.15) is 39.0 Å². The Labute approximate surface area is 202 Å². The number of benzene rings is 1. The Kier molecular flexibility index (Phi) is 5.81. The summed E-state index contributed by atoms with van der Waals surface area (Å²) in [6.07, 6.45) is 6.57. The number of aromatic hydroxyl groups is 1. The quantitative estimate of drug-likeness (QED) is 0.591. The van der Waals surface area contributed by atoms with Gasteiger partial charge in [0.2, 0.25) is 0 Å². The molecular weight excluding hydrogens is 452 g/mol. The molecular formula is C26H29F2N5O2. The lowest BCUT2D eigenvalue weighted by Gasteiger charge is -2.51. The van der Waals surface area contributed by atoms with Crippen LogP contribution < -0.4 is 10.5 Å². The molecule has 5 rings (SSSR count). The van der Waals surface area contributed by atoms with E-state index in [1.165, 1.54) is 25.4 Å². The summed E-state index contributed by atoms with van der Waals surface area (Å²) in [5.74, 6) is 0.459. The fourth-order valence-electron chi connectivity index (χ4n) is 5.82. The molecule has 2 saturated carbocycles. The lowest BCUT2D eigenvalue weighted by Crippen LogP contribution is -2.54. The molecule has 184 valence electrons. The summed E-state index contributed by atoms with van der Waals surface area (Å²) in [7, 11) is 3.30. The van der Waals surface area contributed by atoms with Crippen molar-refractivity contribution in [3.8, 4) is 28.3 Å². The number of rotatable bonds is 4. The summed E-state index contributed by atoms with van der Waals surface area (Å²) in [4.78, 5) is 18.1. The zero-order valence-electron chi connectivity index (χ0n) is 20.1. The molecule has 4 atom stereocenters. The summed E-state index contributed by atoms with van der Waals surface area (Å²) < 4.78 is 31.0. The molecule has 2 bridgehead atoms. The van der Waals surface area contributed by atoms with E-state index in [9.17, 15) is 14.3 Å². The van der Waals surface area contributed by atoms with E-state index >= 15 is 4.39 Å². The smallest absolute Gasteiger partial charge is 0.251 e. The van der Waals surface area contributed by atoms with Crippen LogP contribution in [-0.2, 0) is 7.05 Å². The number of halogens is 2. The molecule has 1 N–H and O–H groups in total. The number of phenolic OH excluding ortho intramolecular Hbond substituents is 1. The molecule has 1 aromatic carbocycles. The molecule has 2 aliphatic rings. The maximum absolute atomic E-state index is 15.5. The third-order valence-electron chi connectivity index (χ3n) is 7.83. The fourth-order valence-corrected chi connectivity index (χ4v) is 5.82. The van der Waals surface area contributed by atoms with Crippen molar-refractivity contribution >= 4 is 5.82 Å². The molecule has 0 aliphatic heterocycles. The Bertz CT molecular complexity index is 1310. The standard InChI is InChI=1S/C26H29F2N5O2/c1-26-8-4-5-15(12-26)9-20(24(26)28)33(3)22-13-29-25(31-30-22)17-7-6-16(10-21(17)34)18-11-23(35)32(2)14-19(18)27/h6-7,10-11,13-15,20,24,34H,4-5,8-9,12H2,1-3H3/t15-,20-,24-,26-/m1/s1. The van der Waals surface area contributed by atoms with Crippen LogP contribution in [0.4, 0.5) is 14.6 Å². The number of alkyl halides is 1. The molecule has 2 aromatic heterocycles. The first-order valence-corrected chi connectivity index (χ1v) is 11.9. The zero-order chi connectivity index (χ0) is 24.9. The van der Waals surface area contributed by atoms with E-state index in [0.29, 0.717) is 22.9 Å². The van der Waals surface area contributed by atoms with Gasteiger partial charge in [-0.3, -0.25) is 4.79 Å². The second-order valence-electron chi connectivity index (χ2n) is 10.3. The maximum Gasteiger partial charge on any atom is 0.251 e. The van der Waals surface area contributed by atoms with Crippen LogP contribution >= 0.6 is 0 Å². The zero-order valence-corrected chi connectivity index (χ0v) is 20.1. The van der Waals surface area contributed by atoms with E-state index in [4.69, 9.17) is 0 Å². The first kappa shape index (κ1) is 23.4. The van der Waals surface area contributed by atoms with Crippen molar-refractivity contribution in [2.24, 2.45) is 18.4 Å². The highest BCUT2D eigenvalue weighted by atomic mass is 19.1. The molecule has 0 saturated heterocycles. The molecule has 0 unspecified atom stereocenters. The number of anilines is 1. The minimum Gasteiger partial charge on any atom is -0.507 e. The molecule has 2 fully saturated rings. The summed E-state index contributed by atoms with van der Waals surface area (Å²) in [6.45, 7) is 2.06. The normalized spacial score (nSPS) is 25.9. The van der Waals surface area contributed by atoms with Crippen LogP contribution in [0.3, 0.4) is 0 Å². The molecule has 0 spiro atoms. The van der Waals surface area contributed by atoms with Crippen LogP contribution in [0, 0.1) is 17.2 Å². The van der Waals surface area contributed by atoms with Gasteiger partial charge in [-0.25, -0.2) is 13.8 Å².